The Kier molecular flexibility index (Phi) is 5.52. The summed E-state index contributed by atoms with van der Waals surface area (Å²) in [6.45, 7) is 2.76. The first-order valence-electron chi connectivity index (χ1n) is 10.8. The van der Waals surface area contributed by atoms with Crippen LogP contribution in [-0.2, 0) is 4.79 Å². The van der Waals surface area contributed by atoms with E-state index < -0.39 is 0 Å². The number of aromatic nitrogens is 5. The Morgan fingerprint density at radius 1 is 1.03 bits per heavy atom. The van der Waals surface area contributed by atoms with Crippen LogP contribution in [0.2, 0.25) is 0 Å². The average Bonchev–Trinajstić information content (AvgIpc) is 3.47. The van der Waals surface area contributed by atoms with Gasteiger partial charge in [-0.1, -0.05) is 11.2 Å². The fourth-order valence-corrected chi connectivity index (χ4v) is 3.88. The zero-order valence-electron chi connectivity index (χ0n) is 18.3. The molecule has 0 aromatic carbocycles. The first-order chi connectivity index (χ1) is 16.1. The molecule has 4 aromatic rings. The predicted molar refractivity (Wildman–Crippen MR) is 122 cm³/mol. The van der Waals surface area contributed by atoms with Crippen LogP contribution in [0.15, 0.2) is 65.6 Å². The zero-order chi connectivity index (χ0) is 22.8. The number of carbonyl (C=O) groups excluding carboxylic acids is 1. The van der Waals surface area contributed by atoms with E-state index in [9.17, 15) is 4.79 Å². The van der Waals surface area contributed by atoms with E-state index in [4.69, 9.17) is 9.51 Å². The van der Waals surface area contributed by atoms with Crippen molar-refractivity contribution in [2.24, 2.45) is 0 Å². The molecule has 0 saturated carbocycles. The van der Waals surface area contributed by atoms with Crippen molar-refractivity contribution in [2.75, 3.05) is 18.9 Å². The van der Waals surface area contributed by atoms with Crippen LogP contribution in [-0.4, -0.2) is 49.5 Å². The maximum absolute atomic E-state index is 12.3. The van der Waals surface area contributed by atoms with Crippen molar-refractivity contribution in [3.63, 3.8) is 0 Å². The Hall–Kier alpha value is -4.14. The molecule has 0 aliphatic carbocycles. The number of nitrogens with zero attached hydrogens (tertiary/aromatic N) is 6. The number of carbonyl (C=O) groups is 1. The van der Waals surface area contributed by atoms with Crippen molar-refractivity contribution >= 4 is 11.9 Å². The predicted octanol–water partition coefficient (Wildman–Crippen LogP) is 3.71. The summed E-state index contributed by atoms with van der Waals surface area (Å²) in [5, 5.41) is 7.47. The minimum Gasteiger partial charge on any atom is -0.360 e. The van der Waals surface area contributed by atoms with Crippen LogP contribution in [0, 0.1) is 0 Å². The molecule has 166 valence electrons. The van der Waals surface area contributed by atoms with Gasteiger partial charge >= 0.3 is 0 Å². The van der Waals surface area contributed by atoms with E-state index in [2.05, 4.69) is 25.4 Å². The summed E-state index contributed by atoms with van der Waals surface area (Å²) < 4.78 is 5.49. The van der Waals surface area contributed by atoms with E-state index >= 15 is 0 Å². The highest BCUT2D eigenvalue weighted by Crippen LogP contribution is 2.31. The summed E-state index contributed by atoms with van der Waals surface area (Å²) in [7, 11) is 1.80. The minimum atomic E-state index is -0.280. The molecule has 9 nitrogen and oxygen atoms in total. The molecule has 9 heteroatoms. The molecule has 0 spiro atoms. The van der Waals surface area contributed by atoms with Crippen LogP contribution in [0.4, 0.5) is 5.95 Å². The molecule has 1 aliphatic rings. The lowest BCUT2D eigenvalue weighted by atomic mass is 10.0. The van der Waals surface area contributed by atoms with Gasteiger partial charge in [0, 0.05) is 38.2 Å². The van der Waals surface area contributed by atoms with Crippen molar-refractivity contribution in [2.45, 2.75) is 25.3 Å². The highest BCUT2D eigenvalue weighted by molar-refractivity contribution is 5.85. The largest absolute Gasteiger partial charge is 0.360 e. The van der Waals surface area contributed by atoms with Crippen molar-refractivity contribution in [1.82, 2.24) is 30.0 Å². The van der Waals surface area contributed by atoms with Gasteiger partial charge < -0.3 is 14.7 Å². The molecule has 4 aromatic heterocycles. The molecular formula is C24H23N7O2. The Labute approximate surface area is 190 Å². The Morgan fingerprint density at radius 2 is 1.79 bits per heavy atom. The van der Waals surface area contributed by atoms with Crippen LogP contribution in [0.3, 0.4) is 0 Å². The van der Waals surface area contributed by atoms with Gasteiger partial charge in [0.15, 0.2) is 0 Å². The summed E-state index contributed by atoms with van der Waals surface area (Å²) in [6, 6.07) is 13.2. The van der Waals surface area contributed by atoms with Crippen LogP contribution in [0.1, 0.15) is 36.6 Å². The smallest absolute Gasteiger partial charge is 0.233 e. The second kappa shape index (κ2) is 8.78. The third-order valence-corrected chi connectivity index (χ3v) is 5.78. The maximum atomic E-state index is 12.3. The third kappa shape index (κ3) is 4.30. The molecule has 5 rings (SSSR count). The van der Waals surface area contributed by atoms with E-state index in [0.29, 0.717) is 34.5 Å². The van der Waals surface area contributed by atoms with Gasteiger partial charge in [0.1, 0.15) is 17.4 Å². The molecule has 0 bridgehead atoms. The van der Waals surface area contributed by atoms with Crippen molar-refractivity contribution in [1.29, 1.82) is 0 Å². The lowest BCUT2D eigenvalue weighted by molar-refractivity contribution is -0.128. The highest BCUT2D eigenvalue weighted by atomic mass is 16.5. The first-order valence-corrected chi connectivity index (χ1v) is 10.8. The SMILES string of the molecule is C[C@H](Nc1nccc(-c2cccc(-c3cc([C@@H]4CCN(C)C4=O)on3)n2)n1)c1ccncc1. The number of anilines is 1. The maximum Gasteiger partial charge on any atom is 0.233 e. The van der Waals surface area contributed by atoms with E-state index in [1.54, 1.807) is 36.6 Å². The molecule has 1 amide bonds. The summed E-state index contributed by atoms with van der Waals surface area (Å²) >= 11 is 0. The van der Waals surface area contributed by atoms with Gasteiger partial charge in [-0.05, 0) is 49.2 Å². The molecule has 1 N–H and O–H groups in total. The van der Waals surface area contributed by atoms with E-state index in [1.807, 2.05) is 43.3 Å². The average molecular weight is 441 g/mol. The number of amides is 1. The molecule has 1 saturated heterocycles. The van der Waals surface area contributed by atoms with Crippen LogP contribution in [0.5, 0.6) is 0 Å². The highest BCUT2D eigenvalue weighted by Gasteiger charge is 2.33. The molecular weight excluding hydrogens is 418 g/mol. The number of hydrogen-bond acceptors (Lipinski definition) is 8. The van der Waals surface area contributed by atoms with Crippen LogP contribution >= 0.6 is 0 Å². The number of rotatable bonds is 6. The number of likely N-dealkylation sites (N-methyl/N-ethyl adjacent to an activating group) is 1. The summed E-state index contributed by atoms with van der Waals surface area (Å²) in [4.78, 5) is 31.8. The van der Waals surface area contributed by atoms with Gasteiger partial charge in [-0.25, -0.2) is 15.0 Å². The van der Waals surface area contributed by atoms with Crippen LogP contribution in [0.25, 0.3) is 22.8 Å². The molecule has 5 heterocycles. The van der Waals surface area contributed by atoms with Gasteiger partial charge in [0.2, 0.25) is 11.9 Å². The fraction of sp³-hybridized carbons (Fsp3) is 0.250. The minimum absolute atomic E-state index is 0.0217. The second-order valence-corrected chi connectivity index (χ2v) is 8.04. The fourth-order valence-electron chi connectivity index (χ4n) is 3.88. The van der Waals surface area contributed by atoms with Crippen LogP contribution < -0.4 is 5.32 Å². The zero-order valence-corrected chi connectivity index (χ0v) is 18.3. The van der Waals surface area contributed by atoms with Crippen molar-refractivity contribution in [3.8, 4) is 22.8 Å². The number of nitrogens with one attached hydrogen (secondary N) is 1. The van der Waals surface area contributed by atoms with Gasteiger partial charge in [-0.15, -0.1) is 0 Å². The summed E-state index contributed by atoms with van der Waals surface area (Å²) in [5.74, 6) is 0.862. The van der Waals surface area contributed by atoms with Gasteiger partial charge in [0.25, 0.3) is 0 Å². The lowest BCUT2D eigenvalue weighted by Gasteiger charge is -2.14. The summed E-state index contributed by atoms with van der Waals surface area (Å²) in [5.41, 5.74) is 3.71. The van der Waals surface area contributed by atoms with Gasteiger partial charge in [-0.2, -0.15) is 0 Å². The molecule has 1 aliphatic heterocycles. The van der Waals surface area contributed by atoms with Gasteiger partial charge in [0.05, 0.1) is 23.1 Å². The topological polar surface area (TPSA) is 110 Å². The molecule has 0 radical (unpaired) electrons. The van der Waals surface area contributed by atoms with E-state index in [0.717, 1.165) is 18.5 Å². The summed E-state index contributed by atoms with van der Waals surface area (Å²) in [6.07, 6.45) is 5.95. The Bertz CT molecular complexity index is 1270. The lowest BCUT2D eigenvalue weighted by Crippen LogP contribution is -2.21. The quantitative estimate of drug-likeness (QED) is 0.482. The Balaban J connectivity index is 1.37. The number of pyridine rings is 2. The van der Waals surface area contributed by atoms with E-state index in [1.165, 1.54) is 0 Å². The molecule has 0 unspecified atom stereocenters. The van der Waals surface area contributed by atoms with Crippen molar-refractivity contribution in [3.05, 3.63) is 72.4 Å². The normalized spacial score (nSPS) is 16.7. The Morgan fingerprint density at radius 3 is 2.55 bits per heavy atom. The molecule has 33 heavy (non-hydrogen) atoms. The number of hydrogen-bond donors (Lipinski definition) is 1. The van der Waals surface area contributed by atoms with Gasteiger partial charge in [-0.3, -0.25) is 9.78 Å². The molecule has 1 fully saturated rings. The number of likely N-dealkylation sites (tertiary alicyclic amines) is 1. The van der Waals surface area contributed by atoms with Crippen molar-refractivity contribution < 1.29 is 9.32 Å². The second-order valence-electron chi connectivity index (χ2n) is 8.04. The van der Waals surface area contributed by atoms with E-state index in [-0.39, 0.29) is 17.9 Å². The third-order valence-electron chi connectivity index (χ3n) is 5.78. The standard InChI is InChI=1S/C24H23N7O2/c1-15(16-6-10-25-11-7-16)27-24-26-12-8-20(29-24)18-4-3-5-19(28-18)21-14-22(33-30-21)17-9-13-31(2)23(17)32/h3-8,10-12,14-15,17H,9,13H2,1-2H3,(H,26,27,29)/t15-,17-/m0/s1. The molecule has 2 atom stereocenters. The monoisotopic (exact) mass is 441 g/mol. The first kappa shape index (κ1) is 20.7.